The molecule has 0 saturated carbocycles. The molecule has 2 nitrogen and oxygen atoms in total. The number of aryl methyl sites for hydroxylation is 1. The summed E-state index contributed by atoms with van der Waals surface area (Å²) in [6.07, 6.45) is 2.10. The zero-order valence-corrected chi connectivity index (χ0v) is 10.7. The number of nitrogens with zero attached hydrogens (tertiary/aromatic N) is 1. The Bertz CT molecular complexity index is 378. The SMILES string of the molecule is Cc1ccc(N2CCC(N)CC2C)c(Cl)c1. The van der Waals surface area contributed by atoms with Crippen LogP contribution in [0.1, 0.15) is 25.3 Å². The zero-order chi connectivity index (χ0) is 11.7. The van der Waals surface area contributed by atoms with Gasteiger partial charge in [0.25, 0.3) is 0 Å². The second-order valence-corrected chi connectivity index (χ2v) is 5.19. The predicted molar refractivity (Wildman–Crippen MR) is 70.2 cm³/mol. The number of rotatable bonds is 1. The molecule has 0 aliphatic carbocycles. The average Bonchev–Trinajstić information content (AvgIpc) is 2.19. The summed E-state index contributed by atoms with van der Waals surface area (Å²) in [6.45, 7) is 5.28. The smallest absolute Gasteiger partial charge is 0.0642 e. The molecule has 0 spiro atoms. The highest BCUT2D eigenvalue weighted by atomic mass is 35.5. The van der Waals surface area contributed by atoms with Gasteiger partial charge in [-0.2, -0.15) is 0 Å². The summed E-state index contributed by atoms with van der Waals surface area (Å²) in [5.41, 5.74) is 8.32. The predicted octanol–water partition coefficient (Wildman–Crippen LogP) is 2.96. The normalized spacial score (nSPS) is 25.9. The van der Waals surface area contributed by atoms with Crippen LogP contribution in [0, 0.1) is 6.92 Å². The molecule has 0 aromatic heterocycles. The highest BCUT2D eigenvalue weighted by Crippen LogP contribution is 2.31. The van der Waals surface area contributed by atoms with Gasteiger partial charge in [0.15, 0.2) is 0 Å². The molecule has 1 aromatic rings. The van der Waals surface area contributed by atoms with Gasteiger partial charge in [-0.05, 0) is 44.4 Å². The number of anilines is 1. The minimum atomic E-state index is 0.343. The number of nitrogens with two attached hydrogens (primary N) is 1. The van der Waals surface area contributed by atoms with Crippen molar-refractivity contribution in [2.24, 2.45) is 5.73 Å². The maximum Gasteiger partial charge on any atom is 0.0642 e. The van der Waals surface area contributed by atoms with E-state index in [4.69, 9.17) is 17.3 Å². The van der Waals surface area contributed by atoms with Gasteiger partial charge < -0.3 is 10.6 Å². The molecule has 0 amide bonds. The largest absolute Gasteiger partial charge is 0.368 e. The fourth-order valence-electron chi connectivity index (χ4n) is 2.41. The van der Waals surface area contributed by atoms with Crippen LogP contribution in [-0.4, -0.2) is 18.6 Å². The molecule has 2 atom stereocenters. The van der Waals surface area contributed by atoms with Gasteiger partial charge >= 0.3 is 0 Å². The Labute approximate surface area is 102 Å². The third-order valence-corrected chi connectivity index (χ3v) is 3.63. The van der Waals surface area contributed by atoms with Gasteiger partial charge in [0.1, 0.15) is 0 Å². The van der Waals surface area contributed by atoms with Crippen LogP contribution < -0.4 is 10.6 Å². The van der Waals surface area contributed by atoms with Crippen molar-refractivity contribution in [3.05, 3.63) is 28.8 Å². The molecule has 1 saturated heterocycles. The molecule has 88 valence electrons. The summed E-state index contributed by atoms with van der Waals surface area (Å²) in [6, 6.07) is 7.07. The highest BCUT2D eigenvalue weighted by Gasteiger charge is 2.24. The van der Waals surface area contributed by atoms with Crippen molar-refractivity contribution in [3.63, 3.8) is 0 Å². The van der Waals surface area contributed by atoms with Crippen molar-refractivity contribution < 1.29 is 0 Å². The van der Waals surface area contributed by atoms with Gasteiger partial charge in [0, 0.05) is 18.6 Å². The summed E-state index contributed by atoms with van der Waals surface area (Å²) < 4.78 is 0. The maximum absolute atomic E-state index is 6.29. The Hall–Kier alpha value is -0.730. The van der Waals surface area contributed by atoms with Crippen LogP contribution in [0.25, 0.3) is 0 Å². The van der Waals surface area contributed by atoms with Gasteiger partial charge in [-0.1, -0.05) is 17.7 Å². The van der Waals surface area contributed by atoms with E-state index >= 15 is 0 Å². The number of halogens is 1. The molecule has 1 aromatic carbocycles. The van der Waals surface area contributed by atoms with Crippen LogP contribution in [-0.2, 0) is 0 Å². The fourth-order valence-corrected chi connectivity index (χ4v) is 2.75. The number of benzene rings is 1. The summed E-state index contributed by atoms with van der Waals surface area (Å²) in [5.74, 6) is 0. The first kappa shape index (κ1) is 11.7. The third-order valence-electron chi connectivity index (χ3n) is 3.33. The summed E-state index contributed by atoms with van der Waals surface area (Å²) in [5, 5.41) is 0.849. The summed E-state index contributed by atoms with van der Waals surface area (Å²) in [7, 11) is 0. The maximum atomic E-state index is 6.29. The molecular weight excluding hydrogens is 220 g/mol. The molecule has 2 rings (SSSR count). The lowest BCUT2D eigenvalue weighted by Gasteiger charge is -2.38. The van der Waals surface area contributed by atoms with Crippen molar-refractivity contribution in [3.8, 4) is 0 Å². The van der Waals surface area contributed by atoms with E-state index in [1.54, 1.807) is 0 Å². The monoisotopic (exact) mass is 238 g/mol. The molecule has 1 aliphatic heterocycles. The lowest BCUT2D eigenvalue weighted by Crippen LogP contribution is -2.45. The zero-order valence-electron chi connectivity index (χ0n) is 9.91. The van der Waals surface area contributed by atoms with Crippen LogP contribution in [0.3, 0.4) is 0 Å². The molecule has 0 radical (unpaired) electrons. The fraction of sp³-hybridized carbons (Fsp3) is 0.538. The van der Waals surface area contributed by atoms with Gasteiger partial charge in [-0.3, -0.25) is 0 Å². The Morgan fingerprint density at radius 1 is 1.44 bits per heavy atom. The molecule has 16 heavy (non-hydrogen) atoms. The molecule has 0 bridgehead atoms. The molecule has 1 aliphatic rings. The summed E-state index contributed by atoms with van der Waals surface area (Å²) in [4.78, 5) is 2.37. The second kappa shape index (κ2) is 4.64. The Balaban J connectivity index is 2.23. The van der Waals surface area contributed by atoms with Crippen LogP contribution >= 0.6 is 11.6 Å². The van der Waals surface area contributed by atoms with Crippen molar-refractivity contribution >= 4 is 17.3 Å². The van der Waals surface area contributed by atoms with Gasteiger partial charge in [-0.15, -0.1) is 0 Å². The quantitative estimate of drug-likeness (QED) is 0.815. The first-order chi connectivity index (χ1) is 7.58. The second-order valence-electron chi connectivity index (χ2n) is 4.78. The summed E-state index contributed by atoms with van der Waals surface area (Å²) >= 11 is 6.29. The van der Waals surface area contributed by atoms with E-state index in [-0.39, 0.29) is 0 Å². The number of hydrogen-bond donors (Lipinski definition) is 1. The number of piperidine rings is 1. The van der Waals surface area contributed by atoms with E-state index in [0.29, 0.717) is 12.1 Å². The van der Waals surface area contributed by atoms with E-state index < -0.39 is 0 Å². The van der Waals surface area contributed by atoms with Crippen molar-refractivity contribution in [1.82, 2.24) is 0 Å². The molecule has 2 N–H and O–H groups in total. The first-order valence-corrected chi connectivity index (χ1v) is 6.24. The molecule has 1 heterocycles. The number of hydrogen-bond acceptors (Lipinski definition) is 2. The topological polar surface area (TPSA) is 29.3 Å². The van der Waals surface area contributed by atoms with Crippen LogP contribution in [0.4, 0.5) is 5.69 Å². The minimum Gasteiger partial charge on any atom is -0.368 e. The van der Waals surface area contributed by atoms with Gasteiger partial charge in [0.05, 0.1) is 10.7 Å². The van der Waals surface area contributed by atoms with Crippen LogP contribution in [0.5, 0.6) is 0 Å². The van der Waals surface area contributed by atoms with Crippen LogP contribution in [0.15, 0.2) is 18.2 Å². The van der Waals surface area contributed by atoms with Crippen molar-refractivity contribution in [2.45, 2.75) is 38.8 Å². The van der Waals surface area contributed by atoms with E-state index in [1.165, 1.54) is 5.56 Å². The van der Waals surface area contributed by atoms with Gasteiger partial charge in [0.2, 0.25) is 0 Å². The molecular formula is C13H19ClN2. The Kier molecular flexibility index (Phi) is 3.41. The lowest BCUT2D eigenvalue weighted by molar-refractivity contribution is 0.430. The van der Waals surface area contributed by atoms with E-state index in [9.17, 15) is 0 Å². The lowest BCUT2D eigenvalue weighted by atomic mass is 9.98. The Morgan fingerprint density at radius 2 is 2.19 bits per heavy atom. The van der Waals surface area contributed by atoms with E-state index in [0.717, 1.165) is 30.1 Å². The standard InChI is InChI=1S/C13H19ClN2/c1-9-3-4-13(12(14)7-9)16-6-5-11(15)8-10(16)2/h3-4,7,10-11H,5-6,8,15H2,1-2H3. The van der Waals surface area contributed by atoms with Crippen LogP contribution in [0.2, 0.25) is 5.02 Å². The van der Waals surface area contributed by atoms with E-state index in [2.05, 4.69) is 30.9 Å². The highest BCUT2D eigenvalue weighted by molar-refractivity contribution is 6.33. The molecule has 1 fully saturated rings. The van der Waals surface area contributed by atoms with E-state index in [1.807, 2.05) is 6.07 Å². The molecule has 2 unspecified atom stereocenters. The average molecular weight is 239 g/mol. The minimum absolute atomic E-state index is 0.343. The van der Waals surface area contributed by atoms with Crippen molar-refractivity contribution in [1.29, 1.82) is 0 Å². The van der Waals surface area contributed by atoms with Gasteiger partial charge in [-0.25, -0.2) is 0 Å². The Morgan fingerprint density at radius 3 is 2.81 bits per heavy atom. The molecule has 3 heteroatoms. The van der Waals surface area contributed by atoms with Crippen molar-refractivity contribution in [2.75, 3.05) is 11.4 Å². The third kappa shape index (κ3) is 2.33. The first-order valence-electron chi connectivity index (χ1n) is 5.86.